The first kappa shape index (κ1) is 11.5. The minimum atomic E-state index is -1.09. The third-order valence-electron chi connectivity index (χ3n) is 7.97. The molecule has 0 radical (unpaired) electrons. The van der Waals surface area contributed by atoms with Crippen molar-refractivity contribution >= 4 is 11.9 Å². The van der Waals surface area contributed by atoms with Crippen molar-refractivity contribution in [3.63, 3.8) is 0 Å². The molecule has 0 aromatic heterocycles. The molecule has 0 aromatic rings. The van der Waals surface area contributed by atoms with Crippen LogP contribution in [0.3, 0.4) is 0 Å². The van der Waals surface area contributed by atoms with Gasteiger partial charge in [-0.15, -0.1) is 0 Å². The number of ether oxygens (including phenoxy) is 2. The zero-order chi connectivity index (χ0) is 14.3. The van der Waals surface area contributed by atoms with Crippen molar-refractivity contribution < 1.29 is 19.1 Å². The van der Waals surface area contributed by atoms with Crippen molar-refractivity contribution in [1.29, 1.82) is 0 Å². The Kier molecular flexibility index (Phi) is 1.65. The van der Waals surface area contributed by atoms with E-state index in [1.54, 1.807) is 13.8 Å². The van der Waals surface area contributed by atoms with Gasteiger partial charge in [0, 0.05) is 13.8 Å². The first-order valence-corrected chi connectivity index (χ1v) is 8.44. The Morgan fingerprint density at radius 1 is 0.762 bits per heavy atom. The fourth-order valence-corrected chi connectivity index (χ4v) is 8.04. The van der Waals surface area contributed by atoms with Gasteiger partial charge in [0.05, 0.1) is 0 Å². The summed E-state index contributed by atoms with van der Waals surface area (Å²) in [5, 5.41) is 0. The molecule has 0 amide bonds. The second kappa shape index (κ2) is 3.02. The maximum absolute atomic E-state index is 12.5. The molecule has 9 atom stereocenters. The SMILES string of the molecule is CC1(C)OC(=O)C([C@@H]2[C@H]3[C@H]4C[C@H]5[C@@H]3C[C@H]3[C@H]5[C@@H]4[C@@H]32)C(=O)O1. The molecule has 6 fully saturated rings. The molecule has 112 valence electrons. The molecule has 4 heteroatoms. The van der Waals surface area contributed by atoms with Crippen molar-refractivity contribution in [3.8, 4) is 0 Å². The summed E-state index contributed by atoms with van der Waals surface area (Å²) in [6.07, 6.45) is 2.74. The fourth-order valence-electron chi connectivity index (χ4n) is 8.04. The van der Waals surface area contributed by atoms with E-state index in [9.17, 15) is 9.59 Å². The van der Waals surface area contributed by atoms with Crippen molar-refractivity contribution in [2.75, 3.05) is 0 Å². The van der Waals surface area contributed by atoms with Crippen LogP contribution in [-0.4, -0.2) is 17.7 Å². The van der Waals surface area contributed by atoms with Crippen molar-refractivity contribution in [2.24, 2.45) is 59.2 Å². The smallest absolute Gasteiger partial charge is 0.323 e. The van der Waals surface area contributed by atoms with Gasteiger partial charge in [-0.25, -0.2) is 0 Å². The van der Waals surface area contributed by atoms with E-state index in [2.05, 4.69) is 0 Å². The molecule has 21 heavy (non-hydrogen) atoms. The van der Waals surface area contributed by atoms with Crippen LogP contribution >= 0.6 is 0 Å². The minimum Gasteiger partial charge on any atom is -0.422 e. The highest BCUT2D eigenvalue weighted by Crippen LogP contribution is 2.85. The van der Waals surface area contributed by atoms with E-state index in [4.69, 9.17) is 9.47 Å². The van der Waals surface area contributed by atoms with Crippen LogP contribution in [0.2, 0.25) is 0 Å². The van der Waals surface area contributed by atoms with Gasteiger partial charge in [-0.3, -0.25) is 9.59 Å². The van der Waals surface area contributed by atoms with Gasteiger partial charge in [0.25, 0.3) is 5.79 Å². The third-order valence-corrected chi connectivity index (χ3v) is 7.97. The summed E-state index contributed by atoms with van der Waals surface area (Å²) in [6.45, 7) is 3.28. The predicted molar refractivity (Wildman–Crippen MR) is 70.4 cm³/mol. The standard InChI is InChI=1S/C17H20O4/c1-17(2)20-15(18)14(16(19)21-17)13-10-6-4-7-9-5(6)3-8(10)11(9)12(7)13/h5-14H,3-4H2,1-2H3/t5-,6-,7-,8+,9-,10+,11+,12+,13+/m0/s1. The molecule has 0 N–H and O–H groups in total. The number of hydrogen-bond donors (Lipinski definition) is 0. The zero-order valence-electron chi connectivity index (χ0n) is 12.3. The van der Waals surface area contributed by atoms with Gasteiger partial charge in [0.15, 0.2) is 5.92 Å². The number of hydrogen-bond acceptors (Lipinski definition) is 4. The lowest BCUT2D eigenvalue weighted by Crippen LogP contribution is -2.54. The van der Waals surface area contributed by atoms with Gasteiger partial charge in [-0.2, -0.15) is 0 Å². The van der Waals surface area contributed by atoms with E-state index < -0.39 is 11.7 Å². The summed E-state index contributed by atoms with van der Waals surface area (Å²) < 4.78 is 10.8. The number of esters is 2. The Labute approximate surface area is 123 Å². The van der Waals surface area contributed by atoms with Gasteiger partial charge in [-0.1, -0.05) is 0 Å². The molecule has 5 aliphatic carbocycles. The minimum absolute atomic E-state index is 0.226. The molecule has 0 spiro atoms. The van der Waals surface area contributed by atoms with E-state index in [0.29, 0.717) is 11.8 Å². The molecule has 6 rings (SSSR count). The van der Waals surface area contributed by atoms with Gasteiger partial charge < -0.3 is 9.47 Å². The van der Waals surface area contributed by atoms with E-state index in [1.165, 1.54) is 12.8 Å². The lowest BCUT2D eigenvalue weighted by Gasteiger charge is -2.49. The Bertz CT molecular complexity index is 570. The quantitative estimate of drug-likeness (QED) is 0.545. The lowest BCUT2D eigenvalue weighted by molar-refractivity contribution is -0.246. The Morgan fingerprint density at radius 2 is 1.24 bits per heavy atom. The van der Waals surface area contributed by atoms with Crippen molar-refractivity contribution in [3.05, 3.63) is 0 Å². The average molecular weight is 288 g/mol. The molecule has 6 aliphatic rings. The first-order valence-electron chi connectivity index (χ1n) is 8.44. The maximum atomic E-state index is 12.5. The van der Waals surface area contributed by atoms with Crippen molar-refractivity contribution in [2.45, 2.75) is 32.5 Å². The third kappa shape index (κ3) is 1.02. The summed E-state index contributed by atoms with van der Waals surface area (Å²) in [5.74, 6) is 4.14. The molecule has 2 bridgehead atoms. The Hall–Kier alpha value is -1.06. The highest BCUT2D eigenvalue weighted by molar-refractivity contribution is 5.97. The zero-order valence-corrected chi connectivity index (χ0v) is 12.3. The Morgan fingerprint density at radius 3 is 1.81 bits per heavy atom. The molecule has 1 saturated heterocycles. The van der Waals surface area contributed by atoms with Crippen LogP contribution in [0, 0.1) is 59.2 Å². The van der Waals surface area contributed by atoms with Crippen LogP contribution < -0.4 is 0 Å². The van der Waals surface area contributed by atoms with Crippen LogP contribution in [0.25, 0.3) is 0 Å². The van der Waals surface area contributed by atoms with E-state index >= 15 is 0 Å². The number of rotatable bonds is 1. The second-order valence-electron chi connectivity index (χ2n) is 8.73. The van der Waals surface area contributed by atoms with Crippen LogP contribution in [-0.2, 0) is 19.1 Å². The molecule has 1 aliphatic heterocycles. The van der Waals surface area contributed by atoms with Crippen LogP contribution in [0.5, 0.6) is 0 Å². The molecule has 1 heterocycles. The summed E-state index contributed by atoms with van der Waals surface area (Å²) >= 11 is 0. The normalized spacial score (nSPS) is 61.1. The number of cyclic esters (lactones) is 2. The van der Waals surface area contributed by atoms with E-state index in [0.717, 1.165) is 35.5 Å². The largest absolute Gasteiger partial charge is 0.422 e. The second-order valence-corrected chi connectivity index (χ2v) is 8.73. The van der Waals surface area contributed by atoms with Crippen LogP contribution in [0.15, 0.2) is 0 Å². The number of carbonyl (C=O) groups is 2. The highest BCUT2D eigenvalue weighted by Gasteiger charge is 2.82. The Balaban J connectivity index is 1.41. The molecule has 4 nitrogen and oxygen atoms in total. The van der Waals surface area contributed by atoms with Gasteiger partial charge in [-0.05, 0) is 66.1 Å². The predicted octanol–water partition coefficient (Wildman–Crippen LogP) is 1.83. The number of fused-ring (bicyclic) bond motifs is 2. The monoisotopic (exact) mass is 288 g/mol. The summed E-state index contributed by atoms with van der Waals surface area (Å²) in [4.78, 5) is 25.0. The van der Waals surface area contributed by atoms with E-state index in [1.807, 2.05) is 0 Å². The summed E-state index contributed by atoms with van der Waals surface area (Å²) in [5.41, 5.74) is 0. The summed E-state index contributed by atoms with van der Waals surface area (Å²) in [7, 11) is 0. The lowest BCUT2D eigenvalue weighted by atomic mass is 9.55. The maximum Gasteiger partial charge on any atom is 0.323 e. The topological polar surface area (TPSA) is 52.6 Å². The van der Waals surface area contributed by atoms with Gasteiger partial charge in [0.1, 0.15) is 0 Å². The van der Waals surface area contributed by atoms with Gasteiger partial charge >= 0.3 is 11.9 Å². The van der Waals surface area contributed by atoms with Crippen LogP contribution in [0.1, 0.15) is 26.7 Å². The van der Waals surface area contributed by atoms with Crippen LogP contribution in [0.4, 0.5) is 0 Å². The fraction of sp³-hybridized carbons (Fsp3) is 0.882. The molecule has 0 aromatic carbocycles. The molecule has 0 unspecified atom stereocenters. The van der Waals surface area contributed by atoms with Crippen molar-refractivity contribution in [1.82, 2.24) is 0 Å². The van der Waals surface area contributed by atoms with E-state index in [-0.39, 0.29) is 17.9 Å². The number of carbonyl (C=O) groups excluding carboxylic acids is 2. The first-order chi connectivity index (χ1) is 9.98. The molecular formula is C17H20O4. The average Bonchev–Trinajstić information content (AvgIpc) is 2.85. The summed E-state index contributed by atoms with van der Waals surface area (Å²) in [6, 6.07) is 0. The highest BCUT2D eigenvalue weighted by atomic mass is 16.7. The van der Waals surface area contributed by atoms with Gasteiger partial charge in [0.2, 0.25) is 0 Å². The molecular weight excluding hydrogens is 268 g/mol. The molecule has 5 saturated carbocycles.